The molecular formula is C19H26N4O2S. The molecule has 2 N–H and O–H groups in total. The molecule has 0 spiro atoms. The molecule has 0 aromatic heterocycles. The van der Waals surface area contributed by atoms with Gasteiger partial charge in [-0.05, 0) is 37.2 Å². The first kappa shape index (κ1) is 19.9. The predicted octanol–water partition coefficient (Wildman–Crippen LogP) is 2.19. The summed E-state index contributed by atoms with van der Waals surface area (Å²) in [5, 5.41) is 3.29. The van der Waals surface area contributed by atoms with Crippen LogP contribution in [0, 0.1) is 0 Å². The van der Waals surface area contributed by atoms with Crippen molar-refractivity contribution < 1.29 is 8.42 Å². The molecule has 0 saturated carbocycles. The topological polar surface area (TPSA) is 73.8 Å². The highest BCUT2D eigenvalue weighted by atomic mass is 32.2. The Labute approximate surface area is 156 Å². The van der Waals surface area contributed by atoms with E-state index in [4.69, 9.17) is 0 Å². The van der Waals surface area contributed by atoms with Gasteiger partial charge in [0.25, 0.3) is 0 Å². The molecular weight excluding hydrogens is 348 g/mol. The van der Waals surface area contributed by atoms with E-state index in [2.05, 4.69) is 32.1 Å². The zero-order chi connectivity index (χ0) is 19.0. The van der Waals surface area contributed by atoms with Crippen LogP contribution < -0.4 is 10.0 Å². The average molecular weight is 375 g/mol. The van der Waals surface area contributed by atoms with Crippen LogP contribution in [0.15, 0.2) is 64.5 Å². The Morgan fingerprint density at radius 1 is 1.04 bits per heavy atom. The van der Waals surface area contributed by atoms with Crippen molar-refractivity contribution in [3.63, 3.8) is 0 Å². The van der Waals surface area contributed by atoms with Gasteiger partial charge in [-0.25, -0.2) is 18.1 Å². The number of benzene rings is 2. The lowest BCUT2D eigenvalue weighted by Crippen LogP contribution is -2.38. The summed E-state index contributed by atoms with van der Waals surface area (Å²) < 4.78 is 25.9. The highest BCUT2D eigenvalue weighted by Crippen LogP contribution is 2.11. The van der Waals surface area contributed by atoms with Crippen molar-refractivity contribution in [2.75, 3.05) is 20.6 Å². The van der Waals surface area contributed by atoms with Crippen LogP contribution in [0.2, 0.25) is 0 Å². The molecule has 0 radical (unpaired) electrons. The molecule has 0 aliphatic heterocycles. The fraction of sp³-hybridized carbons (Fsp3) is 0.316. The molecule has 0 aliphatic rings. The normalized spacial score (nSPS) is 12.0. The SMILES string of the molecule is CCNC(=NCc1ccc(S(=O)(=O)NC)cc1)N(C)Cc1ccccc1. The smallest absolute Gasteiger partial charge is 0.240 e. The second kappa shape index (κ2) is 9.35. The van der Waals surface area contributed by atoms with Crippen LogP contribution >= 0.6 is 0 Å². The summed E-state index contributed by atoms with van der Waals surface area (Å²) in [4.78, 5) is 6.98. The van der Waals surface area contributed by atoms with Gasteiger partial charge in [0.2, 0.25) is 10.0 Å². The number of hydrogen-bond acceptors (Lipinski definition) is 3. The van der Waals surface area contributed by atoms with E-state index in [-0.39, 0.29) is 4.90 Å². The maximum atomic E-state index is 11.8. The Bertz CT molecular complexity index is 818. The van der Waals surface area contributed by atoms with Crippen LogP contribution in [0.1, 0.15) is 18.1 Å². The molecule has 7 heteroatoms. The minimum atomic E-state index is -3.41. The molecule has 0 fully saturated rings. The van der Waals surface area contributed by atoms with Crippen LogP contribution in [0.25, 0.3) is 0 Å². The van der Waals surface area contributed by atoms with Crippen LogP contribution in [-0.4, -0.2) is 39.9 Å². The van der Waals surface area contributed by atoms with Crippen molar-refractivity contribution in [3.05, 3.63) is 65.7 Å². The number of aliphatic imine (C=N–C) groups is 1. The van der Waals surface area contributed by atoms with E-state index in [9.17, 15) is 8.42 Å². The summed E-state index contributed by atoms with van der Waals surface area (Å²) in [6, 6.07) is 17.0. The lowest BCUT2D eigenvalue weighted by Gasteiger charge is -2.22. The molecule has 2 aromatic carbocycles. The second-order valence-electron chi connectivity index (χ2n) is 5.86. The molecule has 6 nitrogen and oxygen atoms in total. The number of hydrogen-bond donors (Lipinski definition) is 2. The lowest BCUT2D eigenvalue weighted by molar-refractivity contribution is 0.477. The minimum absolute atomic E-state index is 0.251. The molecule has 0 aliphatic carbocycles. The minimum Gasteiger partial charge on any atom is -0.357 e. The molecule has 26 heavy (non-hydrogen) atoms. The molecule has 2 rings (SSSR count). The van der Waals surface area contributed by atoms with Crippen LogP contribution in [-0.2, 0) is 23.1 Å². The zero-order valence-corrected chi connectivity index (χ0v) is 16.3. The van der Waals surface area contributed by atoms with Gasteiger partial charge in [-0.1, -0.05) is 42.5 Å². The first-order valence-corrected chi connectivity index (χ1v) is 10.0. The highest BCUT2D eigenvalue weighted by molar-refractivity contribution is 7.89. The number of nitrogens with one attached hydrogen (secondary N) is 2. The number of nitrogens with zero attached hydrogens (tertiary/aromatic N) is 2. The van der Waals surface area contributed by atoms with Crippen molar-refractivity contribution in [1.82, 2.24) is 14.9 Å². The molecule has 0 saturated heterocycles. The van der Waals surface area contributed by atoms with Crippen LogP contribution in [0.3, 0.4) is 0 Å². The van der Waals surface area contributed by atoms with Gasteiger partial charge >= 0.3 is 0 Å². The molecule has 140 valence electrons. The second-order valence-corrected chi connectivity index (χ2v) is 7.75. The van der Waals surface area contributed by atoms with Gasteiger partial charge in [0.15, 0.2) is 5.96 Å². The van der Waals surface area contributed by atoms with Gasteiger partial charge < -0.3 is 10.2 Å². The summed E-state index contributed by atoms with van der Waals surface area (Å²) in [6.07, 6.45) is 0. The Balaban J connectivity index is 2.08. The fourth-order valence-corrected chi connectivity index (χ4v) is 3.19. The van der Waals surface area contributed by atoms with Gasteiger partial charge in [-0.3, -0.25) is 0 Å². The van der Waals surface area contributed by atoms with E-state index in [1.807, 2.05) is 32.2 Å². The lowest BCUT2D eigenvalue weighted by atomic mass is 10.2. The Morgan fingerprint density at radius 3 is 2.27 bits per heavy atom. The van der Waals surface area contributed by atoms with Crippen molar-refractivity contribution in [1.29, 1.82) is 0 Å². The molecule has 0 atom stereocenters. The number of rotatable bonds is 7. The van der Waals surface area contributed by atoms with Gasteiger partial charge in [0.1, 0.15) is 0 Å². The van der Waals surface area contributed by atoms with E-state index in [0.29, 0.717) is 6.54 Å². The molecule has 0 heterocycles. The summed E-state index contributed by atoms with van der Waals surface area (Å²) in [5.41, 5.74) is 2.16. The molecule has 2 aromatic rings. The van der Waals surface area contributed by atoms with Crippen molar-refractivity contribution in [2.45, 2.75) is 24.9 Å². The maximum absolute atomic E-state index is 11.8. The summed E-state index contributed by atoms with van der Waals surface area (Å²) in [7, 11) is -0.0106. The van der Waals surface area contributed by atoms with E-state index in [1.54, 1.807) is 24.3 Å². The van der Waals surface area contributed by atoms with Gasteiger partial charge in [-0.15, -0.1) is 0 Å². The Hall–Kier alpha value is -2.38. The quantitative estimate of drug-likeness (QED) is 0.576. The standard InChI is InChI=1S/C19H26N4O2S/c1-4-21-19(23(3)15-17-8-6-5-7-9-17)22-14-16-10-12-18(13-11-16)26(24,25)20-2/h5-13,20H,4,14-15H2,1-3H3,(H,21,22). The van der Waals surface area contributed by atoms with E-state index < -0.39 is 10.0 Å². The third-order valence-corrected chi connectivity index (χ3v) is 5.30. The third-order valence-electron chi connectivity index (χ3n) is 3.87. The molecule has 0 amide bonds. The van der Waals surface area contributed by atoms with E-state index in [1.165, 1.54) is 12.6 Å². The molecule has 0 unspecified atom stereocenters. The van der Waals surface area contributed by atoms with Crippen LogP contribution in [0.4, 0.5) is 0 Å². The van der Waals surface area contributed by atoms with Gasteiger partial charge in [-0.2, -0.15) is 0 Å². The summed E-state index contributed by atoms with van der Waals surface area (Å²) >= 11 is 0. The third kappa shape index (κ3) is 5.57. The van der Waals surface area contributed by atoms with Gasteiger partial charge in [0.05, 0.1) is 11.4 Å². The van der Waals surface area contributed by atoms with Crippen molar-refractivity contribution >= 4 is 16.0 Å². The zero-order valence-electron chi connectivity index (χ0n) is 15.4. The molecule has 0 bridgehead atoms. The Kier molecular flexibility index (Phi) is 7.17. The van der Waals surface area contributed by atoms with Crippen LogP contribution in [0.5, 0.6) is 0 Å². The highest BCUT2D eigenvalue weighted by Gasteiger charge is 2.10. The largest absolute Gasteiger partial charge is 0.357 e. The van der Waals surface area contributed by atoms with E-state index >= 15 is 0 Å². The Morgan fingerprint density at radius 2 is 1.69 bits per heavy atom. The predicted molar refractivity (Wildman–Crippen MR) is 105 cm³/mol. The average Bonchev–Trinajstić information content (AvgIpc) is 2.66. The van der Waals surface area contributed by atoms with Crippen molar-refractivity contribution in [2.24, 2.45) is 4.99 Å². The number of sulfonamides is 1. The first-order chi connectivity index (χ1) is 12.5. The summed E-state index contributed by atoms with van der Waals surface area (Å²) in [6.45, 7) is 4.04. The van der Waals surface area contributed by atoms with E-state index in [0.717, 1.165) is 24.6 Å². The van der Waals surface area contributed by atoms with Crippen molar-refractivity contribution in [3.8, 4) is 0 Å². The number of guanidine groups is 1. The maximum Gasteiger partial charge on any atom is 0.240 e. The monoisotopic (exact) mass is 374 g/mol. The fourth-order valence-electron chi connectivity index (χ4n) is 2.46. The summed E-state index contributed by atoms with van der Waals surface area (Å²) in [5.74, 6) is 0.809. The first-order valence-electron chi connectivity index (χ1n) is 8.52. The van der Waals surface area contributed by atoms with Gasteiger partial charge in [0, 0.05) is 20.1 Å².